The highest BCUT2D eigenvalue weighted by molar-refractivity contribution is 5.99. The van der Waals surface area contributed by atoms with Crippen molar-refractivity contribution in [3.8, 4) is 0 Å². The molecule has 6 heteroatoms. The van der Waals surface area contributed by atoms with E-state index in [4.69, 9.17) is 4.74 Å². The molecular weight excluding hydrogens is 334 g/mol. The molecule has 1 N–H and O–H groups in total. The molecule has 0 saturated carbocycles. The molecule has 2 atom stereocenters. The van der Waals surface area contributed by atoms with E-state index in [9.17, 15) is 14.4 Å². The number of carbonyl (C=O) groups is 3. The number of esters is 2. The van der Waals surface area contributed by atoms with Crippen molar-refractivity contribution in [3.05, 3.63) is 24.3 Å². The number of ether oxygens (including phenoxy) is 2. The SMILES string of the molecule is C=C1C(=O)OC(CCCCCCCC)C1C(=O)NC/C=C/CC(=O)OC. The minimum absolute atomic E-state index is 0.158. The first-order valence-electron chi connectivity index (χ1n) is 9.40. The summed E-state index contributed by atoms with van der Waals surface area (Å²) in [6, 6.07) is 0. The molecule has 1 rings (SSSR count). The molecule has 1 heterocycles. The van der Waals surface area contributed by atoms with Gasteiger partial charge in [-0.1, -0.05) is 57.8 Å². The van der Waals surface area contributed by atoms with Gasteiger partial charge in [0.25, 0.3) is 0 Å². The molecular formula is C20H31NO5. The van der Waals surface area contributed by atoms with Crippen LogP contribution in [0.25, 0.3) is 0 Å². The Labute approximate surface area is 156 Å². The van der Waals surface area contributed by atoms with Gasteiger partial charge < -0.3 is 14.8 Å². The number of cyclic esters (lactones) is 1. The third kappa shape index (κ3) is 7.42. The maximum absolute atomic E-state index is 12.4. The minimum Gasteiger partial charge on any atom is -0.469 e. The number of rotatable bonds is 12. The van der Waals surface area contributed by atoms with Crippen molar-refractivity contribution in [3.63, 3.8) is 0 Å². The standard InChI is InChI=1S/C20H31NO5/c1-4-5-6-7-8-9-12-16-18(15(2)20(24)26-16)19(23)21-14-11-10-13-17(22)25-3/h10-11,16,18H,2,4-9,12-14H2,1,3H3,(H,21,23)/b11-10+. The van der Waals surface area contributed by atoms with Crippen molar-refractivity contribution in [1.82, 2.24) is 5.32 Å². The fourth-order valence-electron chi connectivity index (χ4n) is 2.93. The van der Waals surface area contributed by atoms with Gasteiger partial charge in [0.1, 0.15) is 12.0 Å². The summed E-state index contributed by atoms with van der Waals surface area (Å²) in [6.07, 6.45) is 10.5. The molecule has 6 nitrogen and oxygen atoms in total. The third-order valence-corrected chi connectivity index (χ3v) is 4.47. The molecule has 1 saturated heterocycles. The predicted octanol–water partition coefficient (Wildman–Crippen LogP) is 3.07. The second kappa shape index (κ2) is 12.3. The summed E-state index contributed by atoms with van der Waals surface area (Å²) in [5.41, 5.74) is 0.219. The highest BCUT2D eigenvalue weighted by Gasteiger charge is 2.42. The van der Waals surface area contributed by atoms with Crippen molar-refractivity contribution in [2.45, 2.75) is 64.4 Å². The van der Waals surface area contributed by atoms with Gasteiger partial charge >= 0.3 is 11.9 Å². The Morgan fingerprint density at radius 3 is 2.58 bits per heavy atom. The second-order valence-corrected chi connectivity index (χ2v) is 6.50. The Kier molecular flexibility index (Phi) is 10.4. The van der Waals surface area contributed by atoms with Gasteiger partial charge in [-0.3, -0.25) is 9.59 Å². The van der Waals surface area contributed by atoms with Crippen molar-refractivity contribution in [2.75, 3.05) is 13.7 Å². The van der Waals surface area contributed by atoms with Crippen LogP contribution in [0.3, 0.4) is 0 Å². The number of amides is 1. The minimum atomic E-state index is -0.632. The van der Waals surface area contributed by atoms with Crippen LogP contribution in [0.1, 0.15) is 58.3 Å². The molecule has 1 aliphatic heterocycles. The first-order valence-corrected chi connectivity index (χ1v) is 9.40. The van der Waals surface area contributed by atoms with Crippen molar-refractivity contribution in [1.29, 1.82) is 0 Å². The van der Waals surface area contributed by atoms with Crippen molar-refractivity contribution in [2.24, 2.45) is 5.92 Å². The summed E-state index contributed by atoms with van der Waals surface area (Å²) < 4.78 is 9.85. The van der Waals surface area contributed by atoms with E-state index in [0.29, 0.717) is 6.42 Å². The van der Waals surface area contributed by atoms with E-state index in [1.165, 1.54) is 26.4 Å². The molecule has 0 radical (unpaired) electrons. The summed E-state index contributed by atoms with van der Waals surface area (Å²) in [5, 5.41) is 2.74. The lowest BCUT2D eigenvalue weighted by Gasteiger charge is -2.17. The van der Waals surface area contributed by atoms with Crippen LogP contribution in [0.4, 0.5) is 0 Å². The Morgan fingerprint density at radius 2 is 1.88 bits per heavy atom. The van der Waals surface area contributed by atoms with E-state index in [1.807, 2.05) is 0 Å². The van der Waals surface area contributed by atoms with Gasteiger partial charge in [-0.2, -0.15) is 0 Å². The van der Waals surface area contributed by atoms with E-state index in [-0.39, 0.29) is 30.4 Å². The van der Waals surface area contributed by atoms with Crippen LogP contribution in [-0.4, -0.2) is 37.6 Å². The highest BCUT2D eigenvalue weighted by Crippen LogP contribution is 2.30. The zero-order chi connectivity index (χ0) is 19.4. The molecule has 1 amide bonds. The smallest absolute Gasteiger partial charge is 0.334 e. The maximum Gasteiger partial charge on any atom is 0.334 e. The highest BCUT2D eigenvalue weighted by atomic mass is 16.6. The van der Waals surface area contributed by atoms with Crippen LogP contribution < -0.4 is 5.32 Å². The van der Waals surface area contributed by atoms with Crippen LogP contribution in [-0.2, 0) is 23.9 Å². The van der Waals surface area contributed by atoms with E-state index >= 15 is 0 Å². The van der Waals surface area contributed by atoms with Gasteiger partial charge in [-0.05, 0) is 12.8 Å². The summed E-state index contributed by atoms with van der Waals surface area (Å²) in [7, 11) is 1.32. The van der Waals surface area contributed by atoms with Gasteiger partial charge in [0.15, 0.2) is 0 Å². The zero-order valence-electron chi connectivity index (χ0n) is 15.9. The topological polar surface area (TPSA) is 81.7 Å². The molecule has 0 aromatic rings. The summed E-state index contributed by atoms with van der Waals surface area (Å²) >= 11 is 0. The van der Waals surface area contributed by atoms with Crippen LogP contribution in [0.2, 0.25) is 0 Å². The lowest BCUT2D eigenvalue weighted by molar-refractivity contribution is -0.140. The normalized spacial score (nSPS) is 19.6. The predicted molar refractivity (Wildman–Crippen MR) is 99.3 cm³/mol. The van der Waals surface area contributed by atoms with Gasteiger partial charge in [-0.25, -0.2) is 4.79 Å². The third-order valence-electron chi connectivity index (χ3n) is 4.47. The monoisotopic (exact) mass is 365 g/mol. The molecule has 1 aliphatic rings. The Balaban J connectivity index is 2.41. The number of methoxy groups -OCH3 is 1. The van der Waals surface area contributed by atoms with Gasteiger partial charge in [-0.15, -0.1) is 0 Å². The fourth-order valence-corrected chi connectivity index (χ4v) is 2.93. The summed E-state index contributed by atoms with van der Waals surface area (Å²) in [5.74, 6) is -1.72. The largest absolute Gasteiger partial charge is 0.469 e. The van der Waals surface area contributed by atoms with E-state index in [2.05, 4.69) is 23.6 Å². The lowest BCUT2D eigenvalue weighted by Crippen LogP contribution is -2.36. The zero-order valence-corrected chi connectivity index (χ0v) is 15.9. The first kappa shape index (κ1) is 21.9. The van der Waals surface area contributed by atoms with E-state index in [0.717, 1.165) is 19.3 Å². The quantitative estimate of drug-likeness (QED) is 0.249. The van der Waals surface area contributed by atoms with Crippen LogP contribution in [0.15, 0.2) is 24.3 Å². The maximum atomic E-state index is 12.4. The molecule has 0 spiro atoms. The van der Waals surface area contributed by atoms with Gasteiger partial charge in [0.05, 0.1) is 13.5 Å². The molecule has 1 fully saturated rings. The number of nitrogens with one attached hydrogen (secondary N) is 1. The summed E-state index contributed by atoms with van der Waals surface area (Å²) in [6.45, 7) is 6.17. The average Bonchev–Trinajstić information content (AvgIpc) is 2.91. The molecule has 0 aromatic carbocycles. The number of hydrogen-bond donors (Lipinski definition) is 1. The van der Waals surface area contributed by atoms with Crippen molar-refractivity contribution >= 4 is 17.8 Å². The Bertz CT molecular complexity index is 526. The number of hydrogen-bond acceptors (Lipinski definition) is 5. The fraction of sp³-hybridized carbons (Fsp3) is 0.650. The average molecular weight is 365 g/mol. The second-order valence-electron chi connectivity index (χ2n) is 6.50. The van der Waals surface area contributed by atoms with Crippen LogP contribution in [0, 0.1) is 5.92 Å². The molecule has 0 aliphatic carbocycles. The number of carbonyl (C=O) groups excluding carboxylic acids is 3. The Morgan fingerprint density at radius 1 is 1.19 bits per heavy atom. The van der Waals surface area contributed by atoms with Crippen molar-refractivity contribution < 1.29 is 23.9 Å². The molecule has 0 bridgehead atoms. The van der Waals surface area contributed by atoms with Crippen LogP contribution in [0.5, 0.6) is 0 Å². The summed E-state index contributed by atoms with van der Waals surface area (Å²) in [4.78, 5) is 35.2. The van der Waals surface area contributed by atoms with E-state index < -0.39 is 18.0 Å². The van der Waals surface area contributed by atoms with Gasteiger partial charge in [0, 0.05) is 12.1 Å². The lowest BCUT2D eigenvalue weighted by atomic mass is 9.92. The van der Waals surface area contributed by atoms with Gasteiger partial charge in [0.2, 0.25) is 5.91 Å². The first-order chi connectivity index (χ1) is 12.5. The molecule has 146 valence electrons. The van der Waals surface area contributed by atoms with Crippen LogP contribution >= 0.6 is 0 Å². The molecule has 0 aromatic heterocycles. The number of unbranched alkanes of at least 4 members (excludes halogenated alkanes) is 5. The molecule has 26 heavy (non-hydrogen) atoms. The van der Waals surface area contributed by atoms with E-state index in [1.54, 1.807) is 12.2 Å². The molecule has 2 unspecified atom stereocenters. The Hall–Kier alpha value is -2.11.